The van der Waals surface area contributed by atoms with Crippen LogP contribution in [0.25, 0.3) is 10.9 Å². The topological polar surface area (TPSA) is 12.9 Å². The summed E-state index contributed by atoms with van der Waals surface area (Å²) >= 11 is 5.51. The Morgan fingerprint density at radius 2 is 1.79 bits per heavy atom. The second kappa shape index (κ2) is 3.13. The highest BCUT2D eigenvalue weighted by Gasteiger charge is 2.13. The van der Waals surface area contributed by atoms with Crippen LogP contribution in [0.15, 0.2) is 18.2 Å². The van der Waals surface area contributed by atoms with Crippen molar-refractivity contribution in [1.29, 1.82) is 0 Å². The van der Waals surface area contributed by atoms with Crippen LogP contribution in [0.5, 0.6) is 0 Å². The predicted molar refractivity (Wildman–Crippen MR) is 46.6 cm³/mol. The van der Waals surface area contributed by atoms with E-state index in [1.165, 1.54) is 12.1 Å². The number of hydrogen-bond acceptors (Lipinski definition) is 1. The lowest BCUT2D eigenvalue weighted by molar-refractivity contribution is 0.453. The second-order valence-corrected chi connectivity index (χ2v) is 3.07. The number of hydrogen-bond donors (Lipinski definition) is 0. The quantitative estimate of drug-likeness (QED) is 0.487. The lowest BCUT2D eigenvalue weighted by Gasteiger charge is -2.01. The molecule has 1 heterocycles. The maximum absolute atomic E-state index is 13.1. The molecule has 0 aliphatic carbocycles. The van der Waals surface area contributed by atoms with Crippen LogP contribution in [0, 0.1) is 17.5 Å². The Labute approximate surface area is 82.1 Å². The predicted octanol–water partition coefficient (Wildman–Crippen LogP) is 3.31. The number of pyridine rings is 1. The summed E-state index contributed by atoms with van der Waals surface area (Å²) in [5, 5.41) is 0.0104. The molecule has 14 heavy (non-hydrogen) atoms. The number of benzene rings is 1. The number of halogens is 4. The lowest BCUT2D eigenvalue weighted by atomic mass is 10.2. The summed E-state index contributed by atoms with van der Waals surface area (Å²) in [6.07, 6.45) is 0. The molecule has 1 aromatic carbocycles. The van der Waals surface area contributed by atoms with E-state index in [1.54, 1.807) is 0 Å². The van der Waals surface area contributed by atoms with Crippen molar-refractivity contribution >= 4 is 22.5 Å². The van der Waals surface area contributed by atoms with Crippen molar-refractivity contribution in [2.45, 2.75) is 0 Å². The van der Waals surface area contributed by atoms with Gasteiger partial charge in [0.15, 0.2) is 17.5 Å². The maximum atomic E-state index is 13.1. The summed E-state index contributed by atoms with van der Waals surface area (Å²) in [6.45, 7) is 0. The van der Waals surface area contributed by atoms with Crippen molar-refractivity contribution in [3.8, 4) is 0 Å². The molecule has 0 saturated heterocycles. The van der Waals surface area contributed by atoms with Crippen molar-refractivity contribution in [3.05, 3.63) is 40.8 Å². The van der Waals surface area contributed by atoms with Crippen molar-refractivity contribution in [2.75, 3.05) is 0 Å². The molecule has 0 radical (unpaired) electrons. The largest absolute Gasteiger partial charge is 0.236 e. The Bertz CT molecular complexity index is 513. The SMILES string of the molecule is Fc1cc2nc(Cl)ccc2c(F)c1F. The van der Waals surface area contributed by atoms with Gasteiger partial charge in [-0.1, -0.05) is 11.6 Å². The van der Waals surface area contributed by atoms with E-state index in [4.69, 9.17) is 11.6 Å². The van der Waals surface area contributed by atoms with Crippen LogP contribution in [0.2, 0.25) is 5.15 Å². The number of fused-ring (bicyclic) bond motifs is 1. The van der Waals surface area contributed by atoms with Crippen LogP contribution in [0.1, 0.15) is 0 Å². The molecule has 2 aromatic rings. The van der Waals surface area contributed by atoms with Gasteiger partial charge in [0.2, 0.25) is 0 Å². The van der Waals surface area contributed by atoms with Gasteiger partial charge in [0, 0.05) is 11.5 Å². The van der Waals surface area contributed by atoms with Crippen molar-refractivity contribution in [3.63, 3.8) is 0 Å². The minimum Gasteiger partial charge on any atom is -0.236 e. The average molecular weight is 218 g/mol. The molecule has 0 atom stereocenters. The van der Waals surface area contributed by atoms with E-state index in [0.29, 0.717) is 0 Å². The molecule has 1 nitrogen and oxygen atoms in total. The van der Waals surface area contributed by atoms with E-state index in [9.17, 15) is 13.2 Å². The second-order valence-electron chi connectivity index (χ2n) is 2.69. The summed E-state index contributed by atoms with van der Waals surface area (Å²) < 4.78 is 38.6. The third-order valence-electron chi connectivity index (χ3n) is 1.79. The number of nitrogens with zero attached hydrogens (tertiary/aromatic N) is 1. The molecular weight excluding hydrogens is 215 g/mol. The molecule has 0 unspecified atom stereocenters. The Morgan fingerprint density at radius 3 is 2.50 bits per heavy atom. The molecular formula is C9H3ClF3N. The molecule has 5 heteroatoms. The van der Waals surface area contributed by atoms with Crippen molar-refractivity contribution in [2.24, 2.45) is 0 Å². The van der Waals surface area contributed by atoms with E-state index in [1.807, 2.05) is 0 Å². The van der Waals surface area contributed by atoms with E-state index < -0.39 is 17.5 Å². The molecule has 0 spiro atoms. The van der Waals surface area contributed by atoms with Gasteiger partial charge >= 0.3 is 0 Å². The first-order valence-electron chi connectivity index (χ1n) is 3.69. The lowest BCUT2D eigenvalue weighted by Crippen LogP contribution is -1.93. The molecule has 0 bridgehead atoms. The van der Waals surface area contributed by atoms with Crippen molar-refractivity contribution < 1.29 is 13.2 Å². The smallest absolute Gasteiger partial charge is 0.195 e. The molecule has 0 aliphatic rings. The summed E-state index contributed by atoms with van der Waals surface area (Å²) in [4.78, 5) is 3.66. The minimum absolute atomic E-state index is 0.00565. The Morgan fingerprint density at radius 1 is 1.07 bits per heavy atom. The first kappa shape index (κ1) is 9.27. The van der Waals surface area contributed by atoms with Gasteiger partial charge in [-0.15, -0.1) is 0 Å². The van der Waals surface area contributed by atoms with Crippen molar-refractivity contribution in [1.82, 2.24) is 4.98 Å². The van der Waals surface area contributed by atoms with Crippen LogP contribution in [-0.2, 0) is 0 Å². The molecule has 0 N–H and O–H groups in total. The first-order chi connectivity index (χ1) is 6.59. The zero-order chi connectivity index (χ0) is 10.3. The third-order valence-corrected chi connectivity index (χ3v) is 2.00. The standard InChI is InChI=1S/C9H3ClF3N/c10-7-2-1-4-6(14-7)3-5(11)9(13)8(4)12/h1-3H. The fraction of sp³-hybridized carbons (Fsp3) is 0. The van der Waals surface area contributed by atoms with Gasteiger partial charge in [0.25, 0.3) is 0 Å². The van der Waals surface area contributed by atoms with E-state index in [2.05, 4.69) is 4.98 Å². The Hall–Kier alpha value is -1.29. The number of aromatic nitrogens is 1. The zero-order valence-corrected chi connectivity index (χ0v) is 7.45. The highest BCUT2D eigenvalue weighted by Crippen LogP contribution is 2.22. The van der Waals surface area contributed by atoms with Gasteiger partial charge < -0.3 is 0 Å². The van der Waals surface area contributed by atoms with Crippen LogP contribution in [-0.4, -0.2) is 4.98 Å². The monoisotopic (exact) mass is 217 g/mol. The zero-order valence-electron chi connectivity index (χ0n) is 6.69. The summed E-state index contributed by atoms with van der Waals surface area (Å²) in [5.41, 5.74) is -0.00565. The third kappa shape index (κ3) is 1.32. The molecule has 0 amide bonds. The summed E-state index contributed by atoms with van der Waals surface area (Å²) in [6, 6.07) is 3.37. The van der Waals surface area contributed by atoms with Gasteiger partial charge in [-0.3, -0.25) is 0 Å². The van der Waals surface area contributed by atoms with Gasteiger partial charge in [0.05, 0.1) is 5.52 Å². The van der Waals surface area contributed by atoms with Crippen LogP contribution < -0.4 is 0 Å². The van der Waals surface area contributed by atoms with Gasteiger partial charge in [-0.25, -0.2) is 18.2 Å². The molecule has 72 valence electrons. The van der Waals surface area contributed by atoms with E-state index in [0.717, 1.165) is 6.07 Å². The Balaban J connectivity index is 2.91. The fourth-order valence-electron chi connectivity index (χ4n) is 1.15. The molecule has 0 fully saturated rings. The molecule has 1 aromatic heterocycles. The minimum atomic E-state index is -1.50. The first-order valence-corrected chi connectivity index (χ1v) is 4.07. The van der Waals surface area contributed by atoms with Gasteiger partial charge in [-0.05, 0) is 12.1 Å². The van der Waals surface area contributed by atoms with Gasteiger partial charge in [0.1, 0.15) is 5.15 Å². The summed E-state index contributed by atoms with van der Waals surface area (Å²) in [5.74, 6) is -4.02. The van der Waals surface area contributed by atoms with E-state index >= 15 is 0 Å². The number of rotatable bonds is 0. The Kier molecular flexibility index (Phi) is 2.07. The molecule has 2 rings (SSSR count). The average Bonchev–Trinajstić information content (AvgIpc) is 2.14. The maximum Gasteiger partial charge on any atom is 0.195 e. The highest BCUT2D eigenvalue weighted by atomic mass is 35.5. The molecule has 0 aliphatic heterocycles. The van der Waals surface area contributed by atoms with Gasteiger partial charge in [-0.2, -0.15) is 0 Å². The van der Waals surface area contributed by atoms with Crippen LogP contribution in [0.4, 0.5) is 13.2 Å². The normalized spacial score (nSPS) is 10.9. The molecule has 0 saturated carbocycles. The fourth-order valence-corrected chi connectivity index (χ4v) is 1.31. The van der Waals surface area contributed by atoms with Crippen LogP contribution >= 0.6 is 11.6 Å². The van der Waals surface area contributed by atoms with E-state index in [-0.39, 0.29) is 16.1 Å². The highest BCUT2D eigenvalue weighted by molar-refractivity contribution is 6.29. The van der Waals surface area contributed by atoms with Crippen LogP contribution in [0.3, 0.4) is 0 Å². The summed E-state index contributed by atoms with van der Waals surface area (Å²) in [7, 11) is 0.